The van der Waals surface area contributed by atoms with Crippen LogP contribution in [0.25, 0.3) is 0 Å². The molecular weight excluding hydrogens is 112 g/mol. The predicted octanol–water partition coefficient (Wildman–Crippen LogP) is 1.60. The van der Waals surface area contributed by atoms with Crippen molar-refractivity contribution in [3.63, 3.8) is 0 Å². The molecule has 0 aliphatic heterocycles. The van der Waals surface area contributed by atoms with Crippen LogP contribution in [0.5, 0.6) is 5.75 Å². The SMILES string of the molecule is COc1cc[c][c]c1C. The van der Waals surface area contributed by atoms with Crippen molar-refractivity contribution < 1.29 is 4.74 Å². The number of methoxy groups -OCH3 is 1. The summed E-state index contributed by atoms with van der Waals surface area (Å²) in [5.41, 5.74) is 1.00. The van der Waals surface area contributed by atoms with Crippen LogP contribution in [0.2, 0.25) is 0 Å². The van der Waals surface area contributed by atoms with E-state index in [0.29, 0.717) is 0 Å². The summed E-state index contributed by atoms with van der Waals surface area (Å²) < 4.78 is 4.99. The fraction of sp³-hybridized carbons (Fsp3) is 0.250. The number of rotatable bonds is 1. The van der Waals surface area contributed by atoms with Crippen LogP contribution in [0, 0.1) is 19.1 Å². The summed E-state index contributed by atoms with van der Waals surface area (Å²) in [6, 6.07) is 9.38. The molecule has 0 unspecified atom stereocenters. The molecule has 1 nitrogen and oxygen atoms in total. The van der Waals surface area contributed by atoms with E-state index in [0.717, 1.165) is 11.3 Å². The summed E-state index contributed by atoms with van der Waals surface area (Å²) in [6.45, 7) is 1.94. The molecule has 0 aliphatic carbocycles. The molecule has 0 saturated heterocycles. The van der Waals surface area contributed by atoms with Crippen LogP contribution in [0.1, 0.15) is 5.56 Å². The Bertz CT molecular complexity index is 194. The number of hydrogen-bond acceptors (Lipinski definition) is 1. The van der Waals surface area contributed by atoms with Crippen LogP contribution >= 0.6 is 0 Å². The van der Waals surface area contributed by atoms with Gasteiger partial charge in [0, 0.05) is 0 Å². The minimum atomic E-state index is 0.869. The van der Waals surface area contributed by atoms with Crippen molar-refractivity contribution in [3.8, 4) is 5.75 Å². The third-order valence-corrected chi connectivity index (χ3v) is 1.17. The highest BCUT2D eigenvalue weighted by molar-refractivity contribution is 5.29. The molecule has 0 bridgehead atoms. The molecule has 1 rings (SSSR count). The van der Waals surface area contributed by atoms with Gasteiger partial charge in [0.25, 0.3) is 0 Å². The third-order valence-electron chi connectivity index (χ3n) is 1.17. The quantitative estimate of drug-likeness (QED) is 0.547. The molecule has 0 heterocycles. The lowest BCUT2D eigenvalue weighted by atomic mass is 10.2. The summed E-state index contributed by atoms with van der Waals surface area (Å²) in [6.07, 6.45) is 0. The van der Waals surface area contributed by atoms with Crippen LogP contribution in [0.4, 0.5) is 0 Å². The average Bonchev–Trinajstić information content (AvgIpc) is 1.89. The van der Waals surface area contributed by atoms with Gasteiger partial charge in [-0.3, -0.25) is 0 Å². The van der Waals surface area contributed by atoms with Crippen LogP contribution in [-0.2, 0) is 0 Å². The van der Waals surface area contributed by atoms with E-state index < -0.39 is 0 Å². The van der Waals surface area contributed by atoms with Gasteiger partial charge in [0.15, 0.2) is 0 Å². The van der Waals surface area contributed by atoms with Gasteiger partial charge in [0.2, 0.25) is 0 Å². The molecule has 9 heavy (non-hydrogen) atoms. The highest BCUT2D eigenvalue weighted by Crippen LogP contribution is 2.13. The van der Waals surface area contributed by atoms with Gasteiger partial charge < -0.3 is 4.74 Å². The fourth-order valence-corrected chi connectivity index (χ4v) is 0.675. The Labute approximate surface area is 55.3 Å². The number of benzene rings is 1. The summed E-state index contributed by atoms with van der Waals surface area (Å²) in [5.74, 6) is 0.869. The third kappa shape index (κ3) is 1.22. The van der Waals surface area contributed by atoms with Gasteiger partial charge in [-0.25, -0.2) is 0 Å². The minimum absolute atomic E-state index is 0.869. The molecule has 0 saturated carbocycles. The lowest BCUT2D eigenvalue weighted by Gasteiger charge is -1.99. The molecule has 0 atom stereocenters. The largest absolute Gasteiger partial charge is 0.496 e. The van der Waals surface area contributed by atoms with E-state index in [-0.39, 0.29) is 0 Å². The van der Waals surface area contributed by atoms with Crippen LogP contribution < -0.4 is 4.74 Å². The van der Waals surface area contributed by atoms with E-state index in [9.17, 15) is 0 Å². The zero-order valence-electron chi connectivity index (χ0n) is 5.56. The summed E-state index contributed by atoms with van der Waals surface area (Å²) in [4.78, 5) is 0. The second-order valence-electron chi connectivity index (χ2n) is 1.80. The van der Waals surface area contributed by atoms with E-state index in [4.69, 9.17) is 4.74 Å². The zero-order valence-corrected chi connectivity index (χ0v) is 5.56. The normalized spacial score (nSPS) is 9.11. The van der Waals surface area contributed by atoms with Crippen LogP contribution in [0.15, 0.2) is 12.1 Å². The average molecular weight is 120 g/mol. The van der Waals surface area contributed by atoms with Gasteiger partial charge in [0.1, 0.15) is 5.75 Å². The zero-order chi connectivity index (χ0) is 6.69. The highest BCUT2D eigenvalue weighted by atomic mass is 16.5. The minimum Gasteiger partial charge on any atom is -0.496 e. The van der Waals surface area contributed by atoms with Crippen molar-refractivity contribution in [2.45, 2.75) is 6.92 Å². The summed E-state index contributed by atoms with van der Waals surface area (Å²) >= 11 is 0. The number of ether oxygens (including phenoxy) is 1. The molecular formula is C8H8O. The molecule has 46 valence electrons. The smallest absolute Gasteiger partial charge is 0.122 e. The van der Waals surface area contributed by atoms with Crippen LogP contribution in [0.3, 0.4) is 0 Å². The van der Waals surface area contributed by atoms with Crippen molar-refractivity contribution in [1.29, 1.82) is 0 Å². The van der Waals surface area contributed by atoms with E-state index >= 15 is 0 Å². The first-order chi connectivity index (χ1) is 4.34. The molecule has 0 N–H and O–H groups in total. The number of hydrogen-bond donors (Lipinski definition) is 0. The van der Waals surface area contributed by atoms with Crippen molar-refractivity contribution in [2.75, 3.05) is 7.11 Å². The summed E-state index contributed by atoms with van der Waals surface area (Å²) in [7, 11) is 1.65. The topological polar surface area (TPSA) is 9.23 Å². The first kappa shape index (κ1) is 6.14. The molecule has 2 radical (unpaired) electrons. The number of aryl methyl sites for hydroxylation is 1. The molecule has 0 amide bonds. The monoisotopic (exact) mass is 120 g/mol. The molecule has 0 aromatic heterocycles. The van der Waals surface area contributed by atoms with Crippen molar-refractivity contribution in [1.82, 2.24) is 0 Å². The lowest BCUT2D eigenvalue weighted by molar-refractivity contribution is 0.411. The standard InChI is InChI=1S/C8H8O/c1-7-5-3-4-6-8(7)9-2/h4,6H,1-2H3. The van der Waals surface area contributed by atoms with Crippen molar-refractivity contribution >= 4 is 0 Å². The van der Waals surface area contributed by atoms with Gasteiger partial charge in [-0.05, 0) is 30.7 Å². The van der Waals surface area contributed by atoms with E-state index in [1.165, 1.54) is 0 Å². The highest BCUT2D eigenvalue weighted by Gasteiger charge is 1.91. The summed E-state index contributed by atoms with van der Waals surface area (Å²) in [5, 5.41) is 0. The predicted molar refractivity (Wildman–Crippen MR) is 35.4 cm³/mol. The Kier molecular flexibility index (Phi) is 1.73. The Balaban J connectivity index is 3.01. The van der Waals surface area contributed by atoms with Crippen molar-refractivity contribution in [3.05, 3.63) is 29.8 Å². The molecule has 1 aromatic carbocycles. The molecule has 0 aliphatic rings. The lowest BCUT2D eigenvalue weighted by Crippen LogP contribution is -1.84. The molecule has 0 fully saturated rings. The van der Waals surface area contributed by atoms with E-state index in [1.807, 2.05) is 13.0 Å². The maximum absolute atomic E-state index is 4.99. The molecule has 0 spiro atoms. The Hall–Kier alpha value is -0.980. The van der Waals surface area contributed by atoms with E-state index in [2.05, 4.69) is 12.1 Å². The fourth-order valence-electron chi connectivity index (χ4n) is 0.675. The second kappa shape index (κ2) is 2.53. The second-order valence-corrected chi connectivity index (χ2v) is 1.80. The van der Waals surface area contributed by atoms with Gasteiger partial charge in [-0.2, -0.15) is 0 Å². The van der Waals surface area contributed by atoms with Crippen LogP contribution in [-0.4, -0.2) is 7.11 Å². The van der Waals surface area contributed by atoms with Gasteiger partial charge in [0.05, 0.1) is 7.11 Å². The Morgan fingerprint density at radius 3 is 2.78 bits per heavy atom. The molecule has 1 aromatic rings. The van der Waals surface area contributed by atoms with Crippen molar-refractivity contribution in [2.24, 2.45) is 0 Å². The first-order valence-electron chi connectivity index (χ1n) is 2.77. The maximum Gasteiger partial charge on any atom is 0.122 e. The van der Waals surface area contributed by atoms with E-state index in [1.54, 1.807) is 13.2 Å². The van der Waals surface area contributed by atoms with Gasteiger partial charge >= 0.3 is 0 Å². The van der Waals surface area contributed by atoms with Gasteiger partial charge in [-0.1, -0.05) is 6.07 Å². The first-order valence-corrected chi connectivity index (χ1v) is 2.77. The Morgan fingerprint density at radius 2 is 2.33 bits per heavy atom. The maximum atomic E-state index is 4.99. The molecule has 1 heteroatoms. The Morgan fingerprint density at radius 1 is 1.56 bits per heavy atom. The van der Waals surface area contributed by atoms with Gasteiger partial charge in [-0.15, -0.1) is 0 Å².